The van der Waals surface area contributed by atoms with Crippen molar-refractivity contribution >= 4 is 27.4 Å². The van der Waals surface area contributed by atoms with Crippen molar-refractivity contribution in [3.05, 3.63) is 52.1 Å². The Morgan fingerprint density at radius 3 is 2.72 bits per heavy atom. The van der Waals surface area contributed by atoms with Crippen LogP contribution in [-0.2, 0) is 0 Å². The Hall–Kier alpha value is -1.86. The quantitative estimate of drug-likeness (QED) is 0.847. The molecule has 0 bridgehead atoms. The number of aryl methyl sites for hydroxylation is 1. The molecule has 0 saturated heterocycles. The zero-order valence-corrected chi connectivity index (χ0v) is 11.8. The molecule has 90 valence electrons. The first-order valence-electron chi connectivity index (χ1n) is 5.48. The third-order valence-electron chi connectivity index (χ3n) is 2.76. The van der Waals surface area contributed by atoms with E-state index in [0.717, 1.165) is 21.5 Å². The predicted octanol–water partition coefficient (Wildman–Crippen LogP) is 3.79. The summed E-state index contributed by atoms with van der Waals surface area (Å²) in [6.07, 6.45) is 1.77. The van der Waals surface area contributed by atoms with E-state index >= 15 is 0 Å². The Morgan fingerprint density at radius 1 is 1.33 bits per heavy atom. The molecule has 3 nitrogen and oxygen atoms in total. The molecule has 0 amide bonds. The summed E-state index contributed by atoms with van der Waals surface area (Å²) >= 11 is 3.43. The fourth-order valence-electron chi connectivity index (χ4n) is 1.69. The summed E-state index contributed by atoms with van der Waals surface area (Å²) in [5, 5.41) is 9.11. The number of pyridine rings is 1. The third kappa shape index (κ3) is 2.36. The average Bonchev–Trinajstić information content (AvgIpc) is 2.41. The number of anilines is 2. The summed E-state index contributed by atoms with van der Waals surface area (Å²) < 4.78 is 0.980. The minimum atomic E-state index is 0.641. The second-order valence-corrected chi connectivity index (χ2v) is 4.83. The van der Waals surface area contributed by atoms with Crippen molar-refractivity contribution in [1.82, 2.24) is 4.98 Å². The summed E-state index contributed by atoms with van der Waals surface area (Å²) in [5.74, 6) is 0.818. The van der Waals surface area contributed by atoms with Crippen LogP contribution in [0, 0.1) is 18.3 Å². The molecule has 1 aromatic heterocycles. The number of aromatic nitrogens is 1. The van der Waals surface area contributed by atoms with Crippen molar-refractivity contribution in [2.75, 3.05) is 11.9 Å². The first-order valence-corrected chi connectivity index (χ1v) is 6.28. The fraction of sp³-hybridized carbons (Fsp3) is 0.143. The number of benzene rings is 1. The van der Waals surface area contributed by atoms with Gasteiger partial charge in [0.2, 0.25) is 0 Å². The van der Waals surface area contributed by atoms with E-state index in [0.29, 0.717) is 5.56 Å². The zero-order valence-electron chi connectivity index (χ0n) is 10.2. The number of hydrogen-bond donors (Lipinski definition) is 0. The normalized spacial score (nSPS) is 9.89. The van der Waals surface area contributed by atoms with E-state index in [1.165, 1.54) is 0 Å². The summed E-state index contributed by atoms with van der Waals surface area (Å²) in [5.41, 5.74) is 2.61. The number of hydrogen-bond acceptors (Lipinski definition) is 3. The Labute approximate surface area is 115 Å². The van der Waals surface area contributed by atoms with Crippen LogP contribution in [-0.4, -0.2) is 12.0 Å². The minimum Gasteiger partial charge on any atom is -0.328 e. The van der Waals surface area contributed by atoms with Gasteiger partial charge < -0.3 is 4.90 Å². The third-order valence-corrected chi connectivity index (χ3v) is 3.59. The summed E-state index contributed by atoms with van der Waals surface area (Å²) in [7, 11) is 1.91. The molecule has 0 aliphatic carbocycles. The maximum absolute atomic E-state index is 9.11. The van der Waals surface area contributed by atoms with Gasteiger partial charge in [-0.2, -0.15) is 5.26 Å². The van der Waals surface area contributed by atoms with E-state index in [4.69, 9.17) is 5.26 Å². The lowest BCUT2D eigenvalue weighted by Crippen LogP contribution is -2.12. The number of nitrogens with zero attached hydrogens (tertiary/aromatic N) is 3. The fourth-order valence-corrected chi connectivity index (χ4v) is 1.91. The molecule has 0 unspecified atom stereocenters. The topological polar surface area (TPSA) is 39.9 Å². The molecule has 0 fully saturated rings. The Kier molecular flexibility index (Phi) is 3.63. The van der Waals surface area contributed by atoms with Gasteiger partial charge in [-0.3, -0.25) is 0 Å². The highest BCUT2D eigenvalue weighted by atomic mass is 79.9. The highest BCUT2D eigenvalue weighted by Gasteiger charge is 2.10. The number of nitriles is 1. The molecule has 18 heavy (non-hydrogen) atoms. The summed E-state index contributed by atoms with van der Waals surface area (Å²) in [6, 6.07) is 11.7. The molecule has 0 radical (unpaired) electrons. The van der Waals surface area contributed by atoms with Crippen molar-refractivity contribution in [2.45, 2.75) is 6.92 Å². The Bertz CT molecular complexity index is 617. The van der Waals surface area contributed by atoms with Gasteiger partial charge in [-0.15, -0.1) is 0 Å². The second kappa shape index (κ2) is 5.19. The van der Waals surface area contributed by atoms with E-state index in [-0.39, 0.29) is 0 Å². The van der Waals surface area contributed by atoms with Crippen LogP contribution in [0.4, 0.5) is 11.5 Å². The maximum atomic E-state index is 9.11. The number of para-hydroxylation sites is 1. The van der Waals surface area contributed by atoms with Crippen LogP contribution in [0.2, 0.25) is 0 Å². The number of rotatable bonds is 2. The minimum absolute atomic E-state index is 0.641. The van der Waals surface area contributed by atoms with Crippen molar-refractivity contribution in [3.8, 4) is 6.07 Å². The molecule has 0 saturated carbocycles. The molecule has 2 rings (SSSR count). The van der Waals surface area contributed by atoms with Crippen LogP contribution in [0.15, 0.2) is 41.0 Å². The standard InChI is InChI=1S/C14H12BrN3/c1-10-7-14(17-9-12(10)15)18(2)13-6-4-3-5-11(13)8-16/h3-7,9H,1-2H3. The van der Waals surface area contributed by atoms with Gasteiger partial charge in [-0.25, -0.2) is 4.98 Å². The average molecular weight is 302 g/mol. The van der Waals surface area contributed by atoms with Gasteiger partial charge in [0.15, 0.2) is 0 Å². The van der Waals surface area contributed by atoms with Crippen LogP contribution < -0.4 is 4.90 Å². The molecular weight excluding hydrogens is 290 g/mol. The van der Waals surface area contributed by atoms with Gasteiger partial charge in [0.25, 0.3) is 0 Å². The van der Waals surface area contributed by atoms with Gasteiger partial charge in [-0.1, -0.05) is 12.1 Å². The first-order chi connectivity index (χ1) is 8.63. The van der Waals surface area contributed by atoms with Crippen LogP contribution in [0.5, 0.6) is 0 Å². The van der Waals surface area contributed by atoms with Gasteiger partial charge in [-0.05, 0) is 46.6 Å². The Balaban J connectivity index is 2.45. The molecule has 2 aromatic rings. The van der Waals surface area contributed by atoms with E-state index in [2.05, 4.69) is 27.0 Å². The largest absolute Gasteiger partial charge is 0.328 e. The van der Waals surface area contributed by atoms with Crippen molar-refractivity contribution in [3.63, 3.8) is 0 Å². The van der Waals surface area contributed by atoms with E-state index < -0.39 is 0 Å². The highest BCUT2D eigenvalue weighted by molar-refractivity contribution is 9.10. The zero-order chi connectivity index (χ0) is 13.1. The lowest BCUT2D eigenvalue weighted by molar-refractivity contribution is 1.11. The van der Waals surface area contributed by atoms with Gasteiger partial charge in [0, 0.05) is 17.7 Å². The molecule has 0 aliphatic rings. The van der Waals surface area contributed by atoms with Gasteiger partial charge >= 0.3 is 0 Å². The van der Waals surface area contributed by atoms with E-state index in [9.17, 15) is 0 Å². The van der Waals surface area contributed by atoms with Crippen molar-refractivity contribution in [1.29, 1.82) is 5.26 Å². The first kappa shape index (κ1) is 12.6. The molecule has 0 N–H and O–H groups in total. The molecule has 1 heterocycles. The summed E-state index contributed by atoms with van der Waals surface area (Å²) in [6.45, 7) is 2.01. The lowest BCUT2D eigenvalue weighted by atomic mass is 10.2. The molecule has 4 heteroatoms. The van der Waals surface area contributed by atoms with Crippen molar-refractivity contribution < 1.29 is 0 Å². The van der Waals surface area contributed by atoms with E-state index in [1.54, 1.807) is 12.3 Å². The monoisotopic (exact) mass is 301 g/mol. The molecule has 1 aromatic carbocycles. The Morgan fingerprint density at radius 2 is 2.06 bits per heavy atom. The van der Waals surface area contributed by atoms with Gasteiger partial charge in [0.1, 0.15) is 11.9 Å². The van der Waals surface area contributed by atoms with Crippen LogP contribution >= 0.6 is 15.9 Å². The second-order valence-electron chi connectivity index (χ2n) is 3.98. The van der Waals surface area contributed by atoms with Crippen molar-refractivity contribution in [2.24, 2.45) is 0 Å². The molecule has 0 atom stereocenters. The predicted molar refractivity (Wildman–Crippen MR) is 75.9 cm³/mol. The van der Waals surface area contributed by atoms with Crippen LogP contribution in [0.1, 0.15) is 11.1 Å². The maximum Gasteiger partial charge on any atom is 0.133 e. The SMILES string of the molecule is Cc1cc(N(C)c2ccccc2C#N)ncc1Br. The number of halogens is 1. The lowest BCUT2D eigenvalue weighted by Gasteiger charge is -2.20. The smallest absolute Gasteiger partial charge is 0.133 e. The highest BCUT2D eigenvalue weighted by Crippen LogP contribution is 2.27. The van der Waals surface area contributed by atoms with Crippen LogP contribution in [0.3, 0.4) is 0 Å². The van der Waals surface area contributed by atoms with E-state index in [1.807, 2.05) is 43.1 Å². The molecular formula is C14H12BrN3. The summed E-state index contributed by atoms with van der Waals surface area (Å²) in [4.78, 5) is 6.28. The molecule has 0 spiro atoms. The van der Waals surface area contributed by atoms with Gasteiger partial charge in [0.05, 0.1) is 11.3 Å². The van der Waals surface area contributed by atoms with Crippen LogP contribution in [0.25, 0.3) is 0 Å². The molecule has 0 aliphatic heterocycles.